The molecule has 0 aliphatic heterocycles. The molecular weight excluding hydrogens is 328 g/mol. The summed E-state index contributed by atoms with van der Waals surface area (Å²) in [5, 5.41) is 2.79. The Kier molecular flexibility index (Phi) is 4.44. The highest BCUT2D eigenvalue weighted by molar-refractivity contribution is 7.92. The summed E-state index contributed by atoms with van der Waals surface area (Å²) < 4.78 is 32.4. The highest BCUT2D eigenvalue weighted by Crippen LogP contribution is 2.30. The van der Waals surface area contributed by atoms with Crippen LogP contribution in [0.2, 0.25) is 0 Å². The van der Waals surface area contributed by atoms with Gasteiger partial charge in [-0.15, -0.1) is 0 Å². The first kappa shape index (κ1) is 16.3. The molecule has 0 radical (unpaired) electrons. The zero-order valence-corrected chi connectivity index (χ0v) is 14.0. The molecule has 126 valence electrons. The summed E-state index contributed by atoms with van der Waals surface area (Å²) in [6.45, 7) is 0. The third-order valence-corrected chi connectivity index (χ3v) is 5.10. The van der Waals surface area contributed by atoms with Gasteiger partial charge in [-0.25, -0.2) is 8.42 Å². The van der Waals surface area contributed by atoms with Crippen molar-refractivity contribution in [2.24, 2.45) is 5.92 Å². The molecule has 0 heterocycles. The van der Waals surface area contributed by atoms with Gasteiger partial charge >= 0.3 is 0 Å². The minimum absolute atomic E-state index is 0.0230. The maximum atomic E-state index is 12.4. The molecule has 1 aliphatic carbocycles. The fourth-order valence-corrected chi connectivity index (χ4v) is 3.27. The van der Waals surface area contributed by atoms with E-state index in [0.717, 1.165) is 12.8 Å². The number of methoxy groups -OCH3 is 1. The monoisotopic (exact) mass is 346 g/mol. The van der Waals surface area contributed by atoms with Gasteiger partial charge in [0.1, 0.15) is 5.75 Å². The predicted molar refractivity (Wildman–Crippen MR) is 91.6 cm³/mol. The van der Waals surface area contributed by atoms with Crippen molar-refractivity contribution in [3.05, 3.63) is 48.5 Å². The number of rotatable bonds is 6. The highest BCUT2D eigenvalue weighted by Gasteiger charge is 2.29. The quantitative estimate of drug-likeness (QED) is 0.842. The lowest BCUT2D eigenvalue weighted by atomic mass is 10.2. The van der Waals surface area contributed by atoms with E-state index >= 15 is 0 Å². The van der Waals surface area contributed by atoms with Crippen LogP contribution in [0, 0.1) is 5.92 Å². The van der Waals surface area contributed by atoms with E-state index in [1.807, 2.05) is 0 Å². The van der Waals surface area contributed by atoms with Crippen LogP contribution in [0.4, 0.5) is 11.4 Å². The zero-order chi connectivity index (χ0) is 17.2. The van der Waals surface area contributed by atoms with Crippen LogP contribution in [-0.2, 0) is 14.8 Å². The van der Waals surface area contributed by atoms with Crippen LogP contribution >= 0.6 is 0 Å². The average Bonchev–Trinajstić information content (AvgIpc) is 3.40. The predicted octanol–water partition coefficient (Wildman–Crippen LogP) is 2.84. The summed E-state index contributed by atoms with van der Waals surface area (Å²) >= 11 is 0. The van der Waals surface area contributed by atoms with Crippen molar-refractivity contribution in [3.63, 3.8) is 0 Å². The first-order valence-corrected chi connectivity index (χ1v) is 9.04. The molecule has 0 atom stereocenters. The third kappa shape index (κ3) is 3.86. The zero-order valence-electron chi connectivity index (χ0n) is 13.2. The Labute approximate surface area is 140 Å². The van der Waals surface area contributed by atoms with Gasteiger partial charge < -0.3 is 10.1 Å². The number of carbonyl (C=O) groups is 1. The van der Waals surface area contributed by atoms with E-state index in [2.05, 4.69) is 10.0 Å². The second kappa shape index (κ2) is 6.52. The summed E-state index contributed by atoms with van der Waals surface area (Å²) in [5.74, 6) is 0.647. The second-order valence-electron chi connectivity index (χ2n) is 5.63. The SMILES string of the molecule is COc1ccc(S(=O)(=O)Nc2cccc(NC(=O)C3CC3)c2)cc1. The molecule has 0 bridgehead atoms. The van der Waals surface area contributed by atoms with Crippen molar-refractivity contribution in [2.45, 2.75) is 17.7 Å². The van der Waals surface area contributed by atoms with Crippen LogP contribution in [0.15, 0.2) is 53.4 Å². The Morgan fingerprint density at radius 1 is 1.08 bits per heavy atom. The van der Waals surface area contributed by atoms with Gasteiger partial charge in [0.25, 0.3) is 10.0 Å². The van der Waals surface area contributed by atoms with E-state index in [1.165, 1.54) is 19.2 Å². The van der Waals surface area contributed by atoms with Crippen LogP contribution in [0.3, 0.4) is 0 Å². The van der Waals surface area contributed by atoms with E-state index in [0.29, 0.717) is 17.1 Å². The molecular formula is C17H18N2O4S. The number of ether oxygens (including phenoxy) is 1. The summed E-state index contributed by atoms with van der Waals surface area (Å²) in [5.41, 5.74) is 0.959. The summed E-state index contributed by atoms with van der Waals surface area (Å²) in [7, 11) is -2.19. The molecule has 6 nitrogen and oxygen atoms in total. The maximum Gasteiger partial charge on any atom is 0.261 e. The molecule has 1 amide bonds. The lowest BCUT2D eigenvalue weighted by Crippen LogP contribution is -2.15. The third-order valence-electron chi connectivity index (χ3n) is 3.70. The highest BCUT2D eigenvalue weighted by atomic mass is 32.2. The van der Waals surface area contributed by atoms with Gasteiger partial charge in [-0.2, -0.15) is 0 Å². The summed E-state index contributed by atoms with van der Waals surface area (Å²) in [6, 6.07) is 12.8. The second-order valence-corrected chi connectivity index (χ2v) is 7.31. The molecule has 2 aromatic rings. The molecule has 3 rings (SSSR count). The molecule has 1 saturated carbocycles. The molecule has 24 heavy (non-hydrogen) atoms. The smallest absolute Gasteiger partial charge is 0.261 e. The Balaban J connectivity index is 1.75. The normalized spacial score (nSPS) is 14.0. The maximum absolute atomic E-state index is 12.4. The van der Waals surface area contributed by atoms with Crippen LogP contribution in [0.25, 0.3) is 0 Å². The molecule has 2 aromatic carbocycles. The number of sulfonamides is 1. The largest absolute Gasteiger partial charge is 0.497 e. The number of carbonyl (C=O) groups excluding carboxylic acids is 1. The Morgan fingerprint density at radius 2 is 1.75 bits per heavy atom. The Morgan fingerprint density at radius 3 is 2.38 bits per heavy atom. The number of amides is 1. The standard InChI is InChI=1S/C17H18N2O4S/c1-23-15-7-9-16(10-8-15)24(21,22)19-14-4-2-3-13(11-14)18-17(20)12-5-6-12/h2-4,7-12,19H,5-6H2,1H3,(H,18,20). The van der Waals surface area contributed by atoms with Gasteiger partial charge in [0.15, 0.2) is 0 Å². The number of anilines is 2. The van der Waals surface area contributed by atoms with E-state index in [4.69, 9.17) is 4.74 Å². The minimum Gasteiger partial charge on any atom is -0.497 e. The fourth-order valence-electron chi connectivity index (χ4n) is 2.22. The van der Waals surface area contributed by atoms with Gasteiger partial charge in [0, 0.05) is 11.6 Å². The molecule has 1 fully saturated rings. The van der Waals surface area contributed by atoms with Crippen LogP contribution in [-0.4, -0.2) is 21.4 Å². The Bertz CT molecular complexity index is 843. The van der Waals surface area contributed by atoms with Crippen molar-refractivity contribution >= 4 is 27.3 Å². The van der Waals surface area contributed by atoms with Crippen LogP contribution in [0.1, 0.15) is 12.8 Å². The molecule has 2 N–H and O–H groups in total. The van der Waals surface area contributed by atoms with Crippen LogP contribution < -0.4 is 14.8 Å². The Hall–Kier alpha value is -2.54. The van der Waals surface area contributed by atoms with Crippen molar-refractivity contribution in [3.8, 4) is 5.75 Å². The number of hydrogen-bond donors (Lipinski definition) is 2. The van der Waals surface area contributed by atoms with Crippen molar-refractivity contribution < 1.29 is 17.9 Å². The number of benzene rings is 2. The van der Waals surface area contributed by atoms with E-state index in [1.54, 1.807) is 36.4 Å². The molecule has 0 spiro atoms. The van der Waals surface area contributed by atoms with Gasteiger partial charge in [-0.05, 0) is 55.3 Å². The van der Waals surface area contributed by atoms with Gasteiger partial charge in [-0.1, -0.05) is 6.07 Å². The average molecular weight is 346 g/mol. The molecule has 0 aromatic heterocycles. The molecule has 7 heteroatoms. The topological polar surface area (TPSA) is 84.5 Å². The van der Waals surface area contributed by atoms with E-state index < -0.39 is 10.0 Å². The van der Waals surface area contributed by atoms with Crippen molar-refractivity contribution in [1.29, 1.82) is 0 Å². The van der Waals surface area contributed by atoms with E-state index in [9.17, 15) is 13.2 Å². The number of hydrogen-bond acceptors (Lipinski definition) is 4. The van der Waals surface area contributed by atoms with Crippen LogP contribution in [0.5, 0.6) is 5.75 Å². The first-order valence-electron chi connectivity index (χ1n) is 7.56. The van der Waals surface area contributed by atoms with Gasteiger partial charge in [0.2, 0.25) is 5.91 Å². The fraction of sp³-hybridized carbons (Fsp3) is 0.235. The van der Waals surface area contributed by atoms with Gasteiger partial charge in [-0.3, -0.25) is 9.52 Å². The minimum atomic E-state index is -3.71. The summed E-state index contributed by atoms with van der Waals surface area (Å²) in [6.07, 6.45) is 1.82. The lowest BCUT2D eigenvalue weighted by Gasteiger charge is -2.10. The van der Waals surface area contributed by atoms with E-state index in [-0.39, 0.29) is 16.7 Å². The molecule has 0 unspecified atom stereocenters. The number of nitrogens with one attached hydrogen (secondary N) is 2. The van der Waals surface area contributed by atoms with Crippen molar-refractivity contribution in [2.75, 3.05) is 17.1 Å². The first-order chi connectivity index (χ1) is 11.5. The van der Waals surface area contributed by atoms with Crippen molar-refractivity contribution in [1.82, 2.24) is 0 Å². The lowest BCUT2D eigenvalue weighted by molar-refractivity contribution is -0.117. The molecule has 0 saturated heterocycles. The molecule has 1 aliphatic rings. The van der Waals surface area contributed by atoms with Gasteiger partial charge in [0.05, 0.1) is 17.7 Å². The summed E-state index contributed by atoms with van der Waals surface area (Å²) in [4.78, 5) is 11.9.